The highest BCUT2D eigenvalue weighted by molar-refractivity contribution is 5.99. The number of ether oxygens (including phenoxy) is 1. The van der Waals surface area contributed by atoms with Crippen molar-refractivity contribution >= 4 is 34.8 Å². The van der Waals surface area contributed by atoms with Crippen LogP contribution in [0.2, 0.25) is 0 Å². The monoisotopic (exact) mass is 596 g/mol. The van der Waals surface area contributed by atoms with Gasteiger partial charge in [-0.05, 0) is 79.9 Å². The molecule has 5 heterocycles. The zero-order chi connectivity index (χ0) is 29.9. The molecule has 3 saturated heterocycles. The van der Waals surface area contributed by atoms with Gasteiger partial charge in [0, 0.05) is 88.0 Å². The molecule has 1 aromatic heterocycles. The quantitative estimate of drug-likeness (QED) is 0.352. The number of fused-ring (bicyclic) bond motifs is 1. The molecule has 3 N–H and O–H groups in total. The first-order valence-corrected chi connectivity index (χ1v) is 15.8. The summed E-state index contributed by atoms with van der Waals surface area (Å²) >= 11 is 0. The van der Waals surface area contributed by atoms with E-state index in [2.05, 4.69) is 72.0 Å². The zero-order valence-corrected chi connectivity index (χ0v) is 25.0. The Labute approximate surface area is 258 Å². The van der Waals surface area contributed by atoms with Crippen LogP contribution in [-0.4, -0.2) is 84.6 Å². The maximum Gasteiger partial charge on any atom is 0.267 e. The second-order valence-corrected chi connectivity index (χ2v) is 12.1. The summed E-state index contributed by atoms with van der Waals surface area (Å²) in [4.78, 5) is 40.1. The summed E-state index contributed by atoms with van der Waals surface area (Å²) in [5.74, 6) is 0.717. The number of nitrogens with one attached hydrogen (secondary N) is 3. The Morgan fingerprint density at radius 1 is 0.818 bits per heavy atom. The maximum atomic E-state index is 12.0. The summed E-state index contributed by atoms with van der Waals surface area (Å²) in [6.07, 6.45) is 5.40. The molecule has 11 nitrogen and oxygen atoms in total. The average Bonchev–Trinajstić information content (AvgIpc) is 3.07. The molecule has 1 atom stereocenters. The van der Waals surface area contributed by atoms with E-state index in [1.165, 1.54) is 29.8 Å². The van der Waals surface area contributed by atoms with Crippen LogP contribution in [0.1, 0.15) is 36.9 Å². The Bertz CT molecular complexity index is 1470. The maximum absolute atomic E-state index is 12.0. The molecule has 0 bridgehead atoms. The lowest BCUT2D eigenvalue weighted by Gasteiger charge is -2.43. The highest BCUT2D eigenvalue weighted by Crippen LogP contribution is 2.27. The van der Waals surface area contributed by atoms with E-state index in [1.54, 1.807) is 0 Å². The fraction of sp³-hybridized carbons (Fsp3) is 0.455. The minimum Gasteiger partial charge on any atom is -0.481 e. The molecule has 4 aliphatic rings. The van der Waals surface area contributed by atoms with Gasteiger partial charge in [0.05, 0.1) is 5.69 Å². The molecule has 0 spiro atoms. The van der Waals surface area contributed by atoms with E-state index in [4.69, 9.17) is 9.72 Å². The Morgan fingerprint density at radius 2 is 1.52 bits per heavy atom. The Morgan fingerprint density at radius 3 is 2.25 bits per heavy atom. The number of amides is 2. The van der Waals surface area contributed by atoms with Crippen molar-refractivity contribution < 1.29 is 14.3 Å². The van der Waals surface area contributed by atoms with Gasteiger partial charge in [-0.1, -0.05) is 0 Å². The number of hydrogen-bond acceptors (Lipinski definition) is 10. The van der Waals surface area contributed by atoms with E-state index in [1.807, 2.05) is 18.3 Å². The summed E-state index contributed by atoms with van der Waals surface area (Å²) < 4.78 is 5.84. The first-order valence-electron chi connectivity index (χ1n) is 15.8. The van der Waals surface area contributed by atoms with Gasteiger partial charge in [-0.2, -0.15) is 0 Å². The van der Waals surface area contributed by atoms with Gasteiger partial charge in [0.25, 0.3) is 5.91 Å². The van der Waals surface area contributed by atoms with Gasteiger partial charge < -0.3 is 25.2 Å². The molecule has 2 aromatic carbocycles. The Hall–Kier alpha value is -4.22. The van der Waals surface area contributed by atoms with Crippen LogP contribution in [0.4, 0.5) is 23.0 Å². The third-order valence-corrected chi connectivity index (χ3v) is 9.27. The van der Waals surface area contributed by atoms with Crippen molar-refractivity contribution in [1.29, 1.82) is 0 Å². The van der Waals surface area contributed by atoms with Crippen LogP contribution in [0.5, 0.6) is 5.75 Å². The van der Waals surface area contributed by atoms with Crippen LogP contribution in [0.15, 0.2) is 54.7 Å². The lowest BCUT2D eigenvalue weighted by Crippen LogP contribution is -2.53. The van der Waals surface area contributed by atoms with Gasteiger partial charge in [0.2, 0.25) is 11.9 Å². The lowest BCUT2D eigenvalue weighted by molar-refractivity contribution is -0.138. The van der Waals surface area contributed by atoms with E-state index in [9.17, 15) is 9.59 Å². The van der Waals surface area contributed by atoms with Crippen molar-refractivity contribution in [3.63, 3.8) is 0 Å². The molecule has 0 radical (unpaired) electrons. The number of imide groups is 1. The molecular weight excluding hydrogens is 556 g/mol. The number of piperazine rings is 1. The number of piperidine rings is 2. The van der Waals surface area contributed by atoms with Crippen LogP contribution < -0.4 is 30.5 Å². The lowest BCUT2D eigenvalue weighted by atomic mass is 10.0. The molecule has 44 heavy (non-hydrogen) atoms. The predicted octanol–water partition coefficient (Wildman–Crippen LogP) is 2.84. The van der Waals surface area contributed by atoms with Gasteiger partial charge >= 0.3 is 0 Å². The fourth-order valence-electron chi connectivity index (χ4n) is 6.70. The third-order valence-electron chi connectivity index (χ3n) is 9.27. The molecule has 2 amide bonds. The summed E-state index contributed by atoms with van der Waals surface area (Å²) in [5.41, 5.74) is 5.76. The first-order chi connectivity index (χ1) is 21.6. The van der Waals surface area contributed by atoms with Gasteiger partial charge in [-0.3, -0.25) is 19.8 Å². The number of carbonyl (C=O) groups is 2. The predicted molar refractivity (Wildman–Crippen MR) is 169 cm³/mol. The Balaban J connectivity index is 0.857. The highest BCUT2D eigenvalue weighted by atomic mass is 16.5. The zero-order valence-electron chi connectivity index (χ0n) is 25.0. The molecule has 0 saturated carbocycles. The van der Waals surface area contributed by atoms with E-state index in [0.29, 0.717) is 30.6 Å². The van der Waals surface area contributed by atoms with Crippen molar-refractivity contribution in [3.05, 3.63) is 66.0 Å². The fourth-order valence-corrected chi connectivity index (χ4v) is 6.70. The van der Waals surface area contributed by atoms with Gasteiger partial charge in [0.1, 0.15) is 5.75 Å². The second-order valence-electron chi connectivity index (χ2n) is 12.1. The van der Waals surface area contributed by atoms with Crippen LogP contribution in [0.3, 0.4) is 0 Å². The van der Waals surface area contributed by atoms with Crippen molar-refractivity contribution in [1.82, 2.24) is 25.5 Å². The number of rotatable bonds is 7. The Kier molecular flexibility index (Phi) is 8.30. The summed E-state index contributed by atoms with van der Waals surface area (Å²) in [7, 11) is 0. The van der Waals surface area contributed by atoms with E-state index in [-0.39, 0.29) is 11.8 Å². The number of nitrogens with zero attached hydrogens (tertiary/aromatic N) is 5. The largest absolute Gasteiger partial charge is 0.481 e. The standard InChI is InChI=1S/C33H40N8O3/c42-31-10-9-30(32(43)38-31)44-28-7-5-26(6-8-28)40-17-19-41(20-18-40)27-12-15-39(16-13-27)25-3-1-24(2-4-25)36-33-35-21-23-11-14-34-22-29(23)37-33/h1-8,21,27,30,34H,9-20,22H2,(H,35,36,37)(H,38,42,43). The highest BCUT2D eigenvalue weighted by Gasteiger charge is 2.29. The SMILES string of the molecule is O=C1CCC(Oc2ccc(N3CCN(C4CCN(c5ccc(Nc6ncc7c(n6)CNCC7)cc5)CC4)CC3)cc2)C(=O)N1. The van der Waals surface area contributed by atoms with Gasteiger partial charge in [-0.25, -0.2) is 9.97 Å². The molecule has 11 heteroatoms. The van der Waals surface area contributed by atoms with Gasteiger partial charge in [0.15, 0.2) is 6.10 Å². The molecule has 230 valence electrons. The van der Waals surface area contributed by atoms with Crippen molar-refractivity contribution in [3.8, 4) is 5.75 Å². The molecule has 1 unspecified atom stereocenters. The minimum absolute atomic E-state index is 0.232. The molecule has 3 fully saturated rings. The topological polar surface area (TPSA) is 115 Å². The average molecular weight is 597 g/mol. The molecule has 7 rings (SSSR count). The van der Waals surface area contributed by atoms with E-state index >= 15 is 0 Å². The second kappa shape index (κ2) is 12.8. The van der Waals surface area contributed by atoms with Crippen molar-refractivity contribution in [2.24, 2.45) is 0 Å². The number of anilines is 4. The number of carbonyl (C=O) groups excluding carboxylic acids is 2. The number of benzene rings is 2. The van der Waals surface area contributed by atoms with Crippen LogP contribution in [-0.2, 0) is 22.6 Å². The van der Waals surface area contributed by atoms with Crippen LogP contribution in [0.25, 0.3) is 0 Å². The molecular formula is C33H40N8O3. The summed E-state index contributed by atoms with van der Waals surface area (Å²) in [5, 5.41) is 9.08. The third kappa shape index (κ3) is 6.48. The summed E-state index contributed by atoms with van der Waals surface area (Å²) in [6.45, 7) is 8.01. The normalized spacial score (nSPS) is 21.5. The summed E-state index contributed by atoms with van der Waals surface area (Å²) in [6, 6.07) is 17.2. The smallest absolute Gasteiger partial charge is 0.267 e. The molecule has 0 aliphatic carbocycles. The molecule has 3 aromatic rings. The number of hydrogen-bond donors (Lipinski definition) is 3. The first kappa shape index (κ1) is 28.5. The van der Waals surface area contributed by atoms with E-state index < -0.39 is 6.10 Å². The molecule has 4 aliphatic heterocycles. The van der Waals surface area contributed by atoms with Crippen LogP contribution in [0, 0.1) is 0 Å². The van der Waals surface area contributed by atoms with E-state index in [0.717, 1.165) is 70.2 Å². The van der Waals surface area contributed by atoms with Crippen molar-refractivity contribution in [2.45, 2.75) is 50.8 Å². The van der Waals surface area contributed by atoms with Crippen LogP contribution >= 0.6 is 0 Å². The van der Waals surface area contributed by atoms with Crippen molar-refractivity contribution in [2.75, 3.05) is 60.9 Å². The number of aromatic nitrogens is 2. The van der Waals surface area contributed by atoms with Gasteiger partial charge in [-0.15, -0.1) is 0 Å². The minimum atomic E-state index is -0.608.